The molecule has 23 heavy (non-hydrogen) atoms. The molecular formula is C17H28BNO4. The highest BCUT2D eigenvalue weighted by molar-refractivity contribution is 6.62. The first-order valence-corrected chi connectivity index (χ1v) is 7.93. The van der Waals surface area contributed by atoms with Gasteiger partial charge in [-0.1, -0.05) is 19.9 Å². The summed E-state index contributed by atoms with van der Waals surface area (Å²) in [6.45, 7) is 12.0. The largest absolute Gasteiger partial charge is 0.495 e. The number of methoxy groups -OCH3 is 1. The number of anilines is 1. The number of carbonyl (C=O) groups excluding carboxylic acids is 1. The molecule has 0 aromatic heterocycles. The summed E-state index contributed by atoms with van der Waals surface area (Å²) >= 11 is 0. The van der Waals surface area contributed by atoms with Crippen molar-refractivity contribution in [3.05, 3.63) is 18.2 Å². The predicted molar refractivity (Wildman–Crippen MR) is 94.5 cm³/mol. The van der Waals surface area contributed by atoms with Crippen LogP contribution < -0.4 is 15.1 Å². The van der Waals surface area contributed by atoms with Crippen LogP contribution in [0, 0.1) is 0 Å². The molecule has 0 aliphatic carbocycles. The summed E-state index contributed by atoms with van der Waals surface area (Å²) in [5, 5.41) is 0. The van der Waals surface area contributed by atoms with E-state index in [1.54, 1.807) is 14.2 Å². The zero-order valence-corrected chi connectivity index (χ0v) is 15.5. The predicted octanol–water partition coefficient (Wildman–Crippen LogP) is 2.61. The zero-order chi connectivity index (χ0) is 17.8. The summed E-state index contributed by atoms with van der Waals surface area (Å²) in [6.07, 6.45) is 0.742. The molecule has 2 rings (SSSR count). The van der Waals surface area contributed by atoms with E-state index in [0.29, 0.717) is 11.4 Å². The Kier molecular flexibility index (Phi) is 6.25. The lowest BCUT2D eigenvalue weighted by molar-refractivity contribution is -0.107. The monoisotopic (exact) mass is 321 g/mol. The summed E-state index contributed by atoms with van der Waals surface area (Å²) in [7, 11) is 2.80. The molecule has 1 aromatic rings. The van der Waals surface area contributed by atoms with Gasteiger partial charge in [-0.3, -0.25) is 4.79 Å². The standard InChI is InChI=1S/C15H22BNO4.C2H6/c1-14(2)15(3,4)21-16(20-14)11-7-8-13(19-6)12(9-11)17(5)10-18;1-2/h7-10H,1-6H3;1-2H3. The second-order valence-electron chi connectivity index (χ2n) is 6.24. The van der Waals surface area contributed by atoms with Crippen LogP contribution >= 0.6 is 0 Å². The first kappa shape index (κ1) is 19.5. The fourth-order valence-corrected chi connectivity index (χ4v) is 2.17. The Morgan fingerprint density at radius 1 is 1.13 bits per heavy atom. The van der Waals surface area contributed by atoms with Crippen LogP contribution in [0.5, 0.6) is 5.75 Å². The van der Waals surface area contributed by atoms with Gasteiger partial charge in [-0.2, -0.15) is 0 Å². The van der Waals surface area contributed by atoms with Crippen LogP contribution in [0.15, 0.2) is 18.2 Å². The fraction of sp³-hybridized carbons (Fsp3) is 0.588. The third kappa shape index (κ3) is 3.87. The van der Waals surface area contributed by atoms with Crippen molar-refractivity contribution in [1.82, 2.24) is 0 Å². The number of nitrogens with zero attached hydrogens (tertiary/aromatic N) is 1. The van der Waals surface area contributed by atoms with Crippen LogP contribution in [0.4, 0.5) is 5.69 Å². The summed E-state index contributed by atoms with van der Waals surface area (Å²) in [4.78, 5) is 12.5. The number of benzene rings is 1. The van der Waals surface area contributed by atoms with Crippen LogP contribution in [0.2, 0.25) is 0 Å². The molecule has 128 valence electrons. The Morgan fingerprint density at radius 2 is 1.65 bits per heavy atom. The molecule has 0 saturated carbocycles. The average molecular weight is 321 g/mol. The van der Waals surface area contributed by atoms with E-state index in [1.807, 2.05) is 59.7 Å². The summed E-state index contributed by atoms with van der Waals surface area (Å²) < 4.78 is 17.3. The Balaban J connectivity index is 0.00000127. The SMILES string of the molecule is CC.COc1ccc(B2OC(C)(C)C(C)(C)O2)cc1N(C)C=O. The highest BCUT2D eigenvalue weighted by atomic mass is 16.7. The highest BCUT2D eigenvalue weighted by Gasteiger charge is 2.51. The zero-order valence-electron chi connectivity index (χ0n) is 15.5. The van der Waals surface area contributed by atoms with Gasteiger partial charge in [-0.25, -0.2) is 0 Å². The lowest BCUT2D eigenvalue weighted by Gasteiger charge is -2.32. The fourth-order valence-electron chi connectivity index (χ4n) is 2.17. The van der Waals surface area contributed by atoms with E-state index in [9.17, 15) is 4.79 Å². The normalized spacial score (nSPS) is 18.0. The molecule has 0 radical (unpaired) electrons. The Hall–Kier alpha value is -1.53. The minimum absolute atomic E-state index is 0.395. The molecule has 1 fully saturated rings. The first-order valence-electron chi connectivity index (χ1n) is 7.93. The number of carbonyl (C=O) groups is 1. The number of ether oxygens (including phenoxy) is 1. The average Bonchev–Trinajstić information content (AvgIpc) is 2.76. The molecule has 1 aliphatic rings. The van der Waals surface area contributed by atoms with Crippen molar-refractivity contribution in [3.63, 3.8) is 0 Å². The molecule has 5 nitrogen and oxygen atoms in total. The van der Waals surface area contributed by atoms with Gasteiger partial charge in [0.25, 0.3) is 0 Å². The highest BCUT2D eigenvalue weighted by Crippen LogP contribution is 2.37. The van der Waals surface area contributed by atoms with E-state index in [0.717, 1.165) is 11.9 Å². The minimum atomic E-state index is -0.459. The minimum Gasteiger partial charge on any atom is -0.495 e. The smallest absolute Gasteiger partial charge is 0.494 e. The van der Waals surface area contributed by atoms with Crippen molar-refractivity contribution >= 4 is 24.7 Å². The van der Waals surface area contributed by atoms with E-state index >= 15 is 0 Å². The van der Waals surface area contributed by atoms with Crippen molar-refractivity contribution in [3.8, 4) is 5.75 Å². The van der Waals surface area contributed by atoms with E-state index < -0.39 is 18.3 Å². The van der Waals surface area contributed by atoms with E-state index in [2.05, 4.69) is 0 Å². The number of hydrogen-bond acceptors (Lipinski definition) is 4. The van der Waals surface area contributed by atoms with Crippen molar-refractivity contribution in [2.75, 3.05) is 19.1 Å². The van der Waals surface area contributed by atoms with Crippen LogP contribution in [0.3, 0.4) is 0 Å². The number of amides is 1. The molecule has 1 saturated heterocycles. The van der Waals surface area contributed by atoms with Gasteiger partial charge in [-0.05, 0) is 45.3 Å². The van der Waals surface area contributed by atoms with Gasteiger partial charge >= 0.3 is 7.12 Å². The molecule has 0 spiro atoms. The van der Waals surface area contributed by atoms with E-state index in [4.69, 9.17) is 14.0 Å². The molecule has 1 heterocycles. The van der Waals surface area contributed by atoms with Crippen molar-refractivity contribution in [2.24, 2.45) is 0 Å². The molecule has 1 aliphatic heterocycles. The topological polar surface area (TPSA) is 48.0 Å². The van der Waals surface area contributed by atoms with Crippen molar-refractivity contribution in [1.29, 1.82) is 0 Å². The molecule has 1 aromatic carbocycles. The summed E-state index contributed by atoms with van der Waals surface area (Å²) in [5.41, 5.74) is 0.751. The Bertz CT molecular complexity index is 529. The lowest BCUT2D eigenvalue weighted by Crippen LogP contribution is -2.41. The lowest BCUT2D eigenvalue weighted by atomic mass is 9.79. The van der Waals surface area contributed by atoms with Gasteiger partial charge in [0.05, 0.1) is 24.0 Å². The molecular weight excluding hydrogens is 293 g/mol. The molecule has 1 amide bonds. The van der Waals surface area contributed by atoms with Crippen LogP contribution in [0.1, 0.15) is 41.5 Å². The van der Waals surface area contributed by atoms with Crippen LogP contribution in [-0.2, 0) is 14.1 Å². The second kappa shape index (κ2) is 7.36. The van der Waals surface area contributed by atoms with Crippen molar-refractivity contribution in [2.45, 2.75) is 52.7 Å². The van der Waals surface area contributed by atoms with Gasteiger partial charge in [0.1, 0.15) is 5.75 Å². The third-order valence-corrected chi connectivity index (χ3v) is 4.27. The van der Waals surface area contributed by atoms with Crippen molar-refractivity contribution < 1.29 is 18.8 Å². The summed E-state index contributed by atoms with van der Waals surface area (Å²) in [6, 6.07) is 5.56. The second-order valence-corrected chi connectivity index (χ2v) is 6.24. The maximum atomic E-state index is 11.0. The van der Waals surface area contributed by atoms with Gasteiger partial charge in [0.15, 0.2) is 0 Å². The van der Waals surface area contributed by atoms with Gasteiger partial charge in [0.2, 0.25) is 6.41 Å². The maximum absolute atomic E-state index is 11.0. The Morgan fingerprint density at radius 3 is 2.09 bits per heavy atom. The van der Waals surface area contributed by atoms with Crippen LogP contribution in [0.25, 0.3) is 0 Å². The maximum Gasteiger partial charge on any atom is 0.494 e. The van der Waals surface area contributed by atoms with Gasteiger partial charge in [-0.15, -0.1) is 0 Å². The molecule has 0 N–H and O–H groups in total. The molecule has 0 unspecified atom stereocenters. The first-order chi connectivity index (χ1) is 10.7. The third-order valence-electron chi connectivity index (χ3n) is 4.27. The molecule has 6 heteroatoms. The van der Waals surface area contributed by atoms with E-state index in [-0.39, 0.29) is 0 Å². The summed E-state index contributed by atoms with van der Waals surface area (Å²) in [5.74, 6) is 0.630. The Labute approximate surface area is 140 Å². The number of rotatable bonds is 4. The molecule has 0 atom stereocenters. The molecule has 0 bridgehead atoms. The van der Waals surface area contributed by atoms with Gasteiger partial charge < -0.3 is 18.9 Å². The quantitative estimate of drug-likeness (QED) is 0.632. The van der Waals surface area contributed by atoms with Gasteiger partial charge in [0, 0.05) is 7.05 Å². The van der Waals surface area contributed by atoms with Crippen LogP contribution in [-0.4, -0.2) is 38.9 Å². The van der Waals surface area contributed by atoms with E-state index in [1.165, 1.54) is 4.90 Å². The number of hydrogen-bond donors (Lipinski definition) is 0.